The van der Waals surface area contributed by atoms with Crippen LogP contribution in [0.15, 0.2) is 33.7 Å². The molecular formula is C20H25BrFN3O2. The molecule has 5 nitrogen and oxygen atoms in total. The fourth-order valence-corrected chi connectivity index (χ4v) is 3.76. The Morgan fingerprint density at radius 2 is 2.15 bits per heavy atom. The van der Waals surface area contributed by atoms with Gasteiger partial charge in [-0.05, 0) is 40.9 Å². The van der Waals surface area contributed by atoms with Crippen LogP contribution < -0.4 is 5.49 Å². The minimum Gasteiger partial charge on any atom is -0.376 e. The fourth-order valence-electron chi connectivity index (χ4n) is 3.40. The third kappa shape index (κ3) is 4.24. The molecule has 3 rings (SSSR count). The number of benzene rings is 1. The average molecular weight is 438 g/mol. The highest BCUT2D eigenvalue weighted by atomic mass is 79.9. The van der Waals surface area contributed by atoms with Crippen LogP contribution in [0.1, 0.15) is 49.7 Å². The van der Waals surface area contributed by atoms with Crippen molar-refractivity contribution in [2.45, 2.75) is 51.7 Å². The molecular weight excluding hydrogens is 413 g/mol. The van der Waals surface area contributed by atoms with Gasteiger partial charge in [0.15, 0.2) is 5.49 Å². The van der Waals surface area contributed by atoms with E-state index < -0.39 is 11.7 Å². The monoisotopic (exact) mass is 437 g/mol. The van der Waals surface area contributed by atoms with Crippen LogP contribution in [0.3, 0.4) is 0 Å². The first-order valence-corrected chi connectivity index (χ1v) is 9.90. The molecule has 0 unspecified atom stereocenters. The molecule has 27 heavy (non-hydrogen) atoms. The number of nitrogens with zero attached hydrogens (tertiary/aromatic N) is 3. The number of aromatic nitrogens is 2. The summed E-state index contributed by atoms with van der Waals surface area (Å²) in [5.41, 5.74) is 1.39. The normalized spacial score (nSPS) is 18.3. The van der Waals surface area contributed by atoms with Crippen molar-refractivity contribution < 1.29 is 13.9 Å². The molecule has 0 bridgehead atoms. The third-order valence-electron chi connectivity index (χ3n) is 4.81. The summed E-state index contributed by atoms with van der Waals surface area (Å²) in [7, 11) is 1.96. The molecule has 0 spiro atoms. The van der Waals surface area contributed by atoms with E-state index in [1.54, 1.807) is 12.1 Å². The number of carbonyl (C=O) groups excluding carboxylic acids is 1. The Balaban J connectivity index is 2.08. The Kier molecular flexibility index (Phi) is 5.72. The van der Waals surface area contributed by atoms with Crippen molar-refractivity contribution in [2.24, 2.45) is 12.0 Å². The molecule has 1 fully saturated rings. The minimum atomic E-state index is -0.596. The molecule has 1 aromatic heterocycles. The largest absolute Gasteiger partial charge is 0.376 e. The van der Waals surface area contributed by atoms with Gasteiger partial charge in [-0.2, -0.15) is 4.99 Å². The molecule has 1 atom stereocenters. The maximum absolute atomic E-state index is 14.3. The van der Waals surface area contributed by atoms with Crippen LogP contribution in [0.25, 0.3) is 0 Å². The summed E-state index contributed by atoms with van der Waals surface area (Å²) in [6.07, 6.45) is 2.12. The highest BCUT2D eigenvalue weighted by molar-refractivity contribution is 9.10. The molecule has 2 heterocycles. The van der Waals surface area contributed by atoms with E-state index >= 15 is 0 Å². The summed E-state index contributed by atoms with van der Waals surface area (Å²) in [6.45, 7) is 7.70. The van der Waals surface area contributed by atoms with Gasteiger partial charge in [0.05, 0.1) is 22.7 Å². The maximum atomic E-state index is 14.3. The average Bonchev–Trinajstić information content (AvgIpc) is 3.20. The summed E-state index contributed by atoms with van der Waals surface area (Å²) in [5.74, 6) is -1.19. The van der Waals surface area contributed by atoms with Crippen molar-refractivity contribution in [3.05, 3.63) is 51.3 Å². The second-order valence-electron chi connectivity index (χ2n) is 7.90. The molecule has 1 aromatic carbocycles. The van der Waals surface area contributed by atoms with Gasteiger partial charge in [0, 0.05) is 30.8 Å². The SMILES string of the molecule is Cn1c(C(C)(C)C)cc(=NC(=O)c2cccc(Br)c2F)n1C[C@H]1CCCO1. The Hall–Kier alpha value is -1.73. The molecule has 146 valence electrons. The molecule has 7 heteroatoms. The topological polar surface area (TPSA) is 48.5 Å². The van der Waals surface area contributed by atoms with Gasteiger partial charge in [0.1, 0.15) is 5.82 Å². The molecule has 2 aromatic rings. The molecule has 0 saturated carbocycles. The van der Waals surface area contributed by atoms with Crippen LogP contribution >= 0.6 is 15.9 Å². The van der Waals surface area contributed by atoms with Crippen molar-refractivity contribution >= 4 is 21.8 Å². The lowest BCUT2D eigenvalue weighted by atomic mass is 9.92. The summed E-state index contributed by atoms with van der Waals surface area (Å²) in [4.78, 5) is 16.9. The van der Waals surface area contributed by atoms with E-state index in [1.165, 1.54) is 6.07 Å². The van der Waals surface area contributed by atoms with Gasteiger partial charge in [0.2, 0.25) is 0 Å². The quantitative estimate of drug-likeness (QED) is 0.729. The van der Waals surface area contributed by atoms with Crippen molar-refractivity contribution in [2.75, 3.05) is 6.61 Å². The maximum Gasteiger partial charge on any atom is 0.282 e. The number of halogens is 2. The van der Waals surface area contributed by atoms with E-state index in [0.717, 1.165) is 25.1 Å². The van der Waals surface area contributed by atoms with Crippen LogP contribution in [-0.4, -0.2) is 28.0 Å². The summed E-state index contributed by atoms with van der Waals surface area (Å²) >= 11 is 3.12. The third-order valence-corrected chi connectivity index (χ3v) is 5.42. The fraction of sp³-hybridized carbons (Fsp3) is 0.500. The van der Waals surface area contributed by atoms with Crippen molar-refractivity contribution in [1.29, 1.82) is 0 Å². The molecule has 1 saturated heterocycles. The lowest BCUT2D eigenvalue weighted by molar-refractivity contribution is 0.0885. The Morgan fingerprint density at radius 1 is 1.41 bits per heavy atom. The number of hydrogen-bond donors (Lipinski definition) is 0. The standard InChI is InChI=1S/C20H25BrFN3O2/c1-20(2,3)16-11-17(25(24(16)4)12-13-7-6-10-27-13)23-19(26)14-8-5-9-15(21)18(14)22/h5,8-9,11,13H,6-7,10,12H2,1-4H3/t13-/m1/s1. The molecule has 1 amide bonds. The number of rotatable bonds is 3. The second kappa shape index (κ2) is 7.72. The van der Waals surface area contributed by atoms with Crippen LogP contribution in [0.2, 0.25) is 0 Å². The Labute approximate surface area is 167 Å². The molecule has 0 aliphatic carbocycles. The smallest absolute Gasteiger partial charge is 0.282 e. The predicted octanol–water partition coefficient (Wildman–Crippen LogP) is 3.95. The minimum absolute atomic E-state index is 0.0470. The van der Waals surface area contributed by atoms with Crippen LogP contribution in [0.5, 0.6) is 0 Å². The van der Waals surface area contributed by atoms with Crippen molar-refractivity contribution in [1.82, 2.24) is 9.36 Å². The lowest BCUT2D eigenvalue weighted by Crippen LogP contribution is -2.30. The molecule has 0 N–H and O–H groups in total. The van der Waals surface area contributed by atoms with Crippen LogP contribution in [0, 0.1) is 5.82 Å². The Morgan fingerprint density at radius 3 is 2.78 bits per heavy atom. The zero-order valence-electron chi connectivity index (χ0n) is 16.1. The van der Waals surface area contributed by atoms with Gasteiger partial charge in [-0.15, -0.1) is 0 Å². The summed E-state index contributed by atoms with van der Waals surface area (Å²) < 4.78 is 24.3. The molecule has 0 radical (unpaired) electrons. The van der Waals surface area contributed by atoms with E-state index in [2.05, 4.69) is 41.7 Å². The van der Waals surface area contributed by atoms with Crippen LogP contribution in [0.4, 0.5) is 4.39 Å². The number of ether oxygens (including phenoxy) is 1. The van der Waals surface area contributed by atoms with E-state index in [4.69, 9.17) is 4.74 Å². The van der Waals surface area contributed by atoms with Crippen molar-refractivity contribution in [3.8, 4) is 0 Å². The van der Waals surface area contributed by atoms with Gasteiger partial charge >= 0.3 is 0 Å². The van der Waals surface area contributed by atoms with E-state index in [9.17, 15) is 9.18 Å². The predicted molar refractivity (Wildman–Crippen MR) is 105 cm³/mol. The first kappa shape index (κ1) is 20.0. The molecule has 1 aliphatic heterocycles. The Bertz CT molecular complexity index is 918. The van der Waals surface area contributed by atoms with Gasteiger partial charge in [-0.3, -0.25) is 14.2 Å². The number of carbonyl (C=O) groups is 1. The highest BCUT2D eigenvalue weighted by Gasteiger charge is 2.24. The lowest BCUT2D eigenvalue weighted by Gasteiger charge is -2.21. The van der Waals surface area contributed by atoms with E-state index in [0.29, 0.717) is 12.0 Å². The second-order valence-corrected chi connectivity index (χ2v) is 8.75. The zero-order valence-corrected chi connectivity index (χ0v) is 17.7. The first-order chi connectivity index (χ1) is 12.7. The van der Waals surface area contributed by atoms with Gasteiger partial charge in [0.25, 0.3) is 5.91 Å². The summed E-state index contributed by atoms with van der Waals surface area (Å²) in [5, 5.41) is 0. The van der Waals surface area contributed by atoms with Crippen LogP contribution in [-0.2, 0) is 23.7 Å². The number of amides is 1. The van der Waals surface area contributed by atoms with Gasteiger partial charge in [-0.25, -0.2) is 4.39 Å². The van der Waals surface area contributed by atoms with Gasteiger partial charge < -0.3 is 4.74 Å². The molecule has 1 aliphatic rings. The van der Waals surface area contributed by atoms with Gasteiger partial charge in [-0.1, -0.05) is 26.8 Å². The summed E-state index contributed by atoms with van der Waals surface area (Å²) in [6, 6.07) is 6.54. The zero-order chi connectivity index (χ0) is 19.8. The highest BCUT2D eigenvalue weighted by Crippen LogP contribution is 2.22. The van der Waals surface area contributed by atoms with E-state index in [1.807, 2.05) is 22.5 Å². The first-order valence-electron chi connectivity index (χ1n) is 9.10. The van der Waals surface area contributed by atoms with Crippen molar-refractivity contribution in [3.63, 3.8) is 0 Å². The van der Waals surface area contributed by atoms with E-state index in [-0.39, 0.29) is 21.6 Å². The number of hydrogen-bond acceptors (Lipinski definition) is 2.